The highest BCUT2D eigenvalue weighted by atomic mass is 15.2. The Morgan fingerprint density at radius 3 is 1.88 bits per heavy atom. The van der Waals surface area contributed by atoms with E-state index in [1.165, 1.54) is 0 Å². The lowest BCUT2D eigenvalue weighted by molar-refractivity contribution is 0.217. The van der Waals surface area contributed by atoms with Gasteiger partial charge in [0.1, 0.15) is 5.84 Å². The zero-order chi connectivity index (χ0) is 19.1. The highest BCUT2D eigenvalue weighted by molar-refractivity contribution is 6.10. The number of nitrogens with zero attached hydrogens (tertiary/aromatic N) is 2. The van der Waals surface area contributed by atoms with Crippen molar-refractivity contribution in [3.05, 3.63) is 71.8 Å². The summed E-state index contributed by atoms with van der Waals surface area (Å²) in [6.45, 7) is 9.07. The maximum atomic E-state index is 8.48. The van der Waals surface area contributed by atoms with E-state index in [2.05, 4.69) is 51.8 Å². The van der Waals surface area contributed by atoms with Gasteiger partial charge in [-0.2, -0.15) is 0 Å². The number of hydrogen-bond acceptors (Lipinski definition) is 1. The SMILES string of the molecule is CC[C@H]([C@@H](C)C(C)C)N(C)C(=NC(=N)c1ccccc1)c1ccccc1. The summed E-state index contributed by atoms with van der Waals surface area (Å²) >= 11 is 0. The lowest BCUT2D eigenvalue weighted by atomic mass is 9.87. The van der Waals surface area contributed by atoms with Crippen molar-refractivity contribution in [2.24, 2.45) is 16.8 Å². The summed E-state index contributed by atoms with van der Waals surface area (Å²) in [5, 5.41) is 8.48. The van der Waals surface area contributed by atoms with Crippen molar-refractivity contribution in [1.29, 1.82) is 5.41 Å². The summed E-state index contributed by atoms with van der Waals surface area (Å²) < 4.78 is 0. The second-order valence-electron chi connectivity index (χ2n) is 7.21. The number of nitrogens with one attached hydrogen (secondary N) is 1. The van der Waals surface area contributed by atoms with Gasteiger partial charge in [0, 0.05) is 24.2 Å². The molecule has 0 saturated heterocycles. The minimum Gasteiger partial charge on any atom is -0.356 e. The third-order valence-corrected chi connectivity index (χ3v) is 5.21. The molecule has 2 aromatic rings. The molecular weight excluding hydrogens is 318 g/mol. The molecule has 3 heteroatoms. The molecule has 3 nitrogen and oxygen atoms in total. The van der Waals surface area contributed by atoms with Crippen molar-refractivity contribution < 1.29 is 0 Å². The Morgan fingerprint density at radius 2 is 1.42 bits per heavy atom. The lowest BCUT2D eigenvalue weighted by Crippen LogP contribution is -2.43. The minimum atomic E-state index is 0.295. The van der Waals surface area contributed by atoms with Crippen LogP contribution in [0.1, 0.15) is 45.2 Å². The van der Waals surface area contributed by atoms with Gasteiger partial charge < -0.3 is 4.90 Å². The van der Waals surface area contributed by atoms with Crippen LogP contribution in [-0.2, 0) is 0 Å². The fraction of sp³-hybridized carbons (Fsp3) is 0.391. The monoisotopic (exact) mass is 349 g/mol. The van der Waals surface area contributed by atoms with E-state index < -0.39 is 0 Å². The molecule has 0 fully saturated rings. The Bertz CT molecular complexity index is 720. The van der Waals surface area contributed by atoms with Crippen LogP contribution in [-0.4, -0.2) is 29.7 Å². The van der Waals surface area contributed by atoms with Crippen LogP contribution in [0.3, 0.4) is 0 Å². The van der Waals surface area contributed by atoms with Crippen LogP contribution < -0.4 is 0 Å². The zero-order valence-electron chi connectivity index (χ0n) is 16.6. The number of aliphatic imine (C=N–C) groups is 1. The van der Waals surface area contributed by atoms with Crippen LogP contribution >= 0.6 is 0 Å². The normalized spacial score (nSPS) is 14.2. The first kappa shape index (κ1) is 19.9. The highest BCUT2D eigenvalue weighted by Crippen LogP contribution is 2.23. The molecule has 0 aliphatic rings. The van der Waals surface area contributed by atoms with E-state index in [-0.39, 0.29) is 0 Å². The van der Waals surface area contributed by atoms with E-state index in [1.807, 2.05) is 48.5 Å². The van der Waals surface area contributed by atoms with Gasteiger partial charge in [-0.15, -0.1) is 0 Å². The van der Waals surface area contributed by atoms with E-state index in [0.29, 0.717) is 23.7 Å². The number of rotatable bonds is 6. The summed E-state index contributed by atoms with van der Waals surface area (Å²) in [6.07, 6.45) is 1.04. The van der Waals surface area contributed by atoms with Gasteiger partial charge in [-0.05, 0) is 18.3 Å². The lowest BCUT2D eigenvalue weighted by Gasteiger charge is -2.36. The van der Waals surface area contributed by atoms with Crippen LogP contribution in [0.2, 0.25) is 0 Å². The number of benzene rings is 2. The molecule has 0 aromatic heterocycles. The fourth-order valence-electron chi connectivity index (χ4n) is 3.30. The average Bonchev–Trinajstić information content (AvgIpc) is 2.67. The third-order valence-electron chi connectivity index (χ3n) is 5.21. The molecule has 0 heterocycles. The van der Waals surface area contributed by atoms with Crippen LogP contribution in [0.15, 0.2) is 65.7 Å². The molecule has 0 radical (unpaired) electrons. The maximum Gasteiger partial charge on any atom is 0.154 e. The fourth-order valence-corrected chi connectivity index (χ4v) is 3.30. The molecule has 2 aromatic carbocycles. The minimum absolute atomic E-state index is 0.295. The van der Waals surface area contributed by atoms with Gasteiger partial charge >= 0.3 is 0 Å². The number of hydrogen-bond donors (Lipinski definition) is 1. The van der Waals surface area contributed by atoms with Gasteiger partial charge in [-0.25, -0.2) is 4.99 Å². The molecule has 2 rings (SSSR count). The molecule has 0 unspecified atom stereocenters. The molecule has 0 saturated carbocycles. The van der Waals surface area contributed by atoms with E-state index in [9.17, 15) is 0 Å². The summed E-state index contributed by atoms with van der Waals surface area (Å²) in [7, 11) is 2.11. The zero-order valence-corrected chi connectivity index (χ0v) is 16.6. The average molecular weight is 350 g/mol. The van der Waals surface area contributed by atoms with Crippen molar-refractivity contribution in [3.63, 3.8) is 0 Å². The summed E-state index contributed by atoms with van der Waals surface area (Å²) in [4.78, 5) is 7.01. The van der Waals surface area contributed by atoms with Crippen molar-refractivity contribution in [2.75, 3.05) is 7.05 Å². The van der Waals surface area contributed by atoms with Crippen LogP contribution in [0, 0.1) is 17.2 Å². The molecule has 1 N–H and O–H groups in total. The van der Waals surface area contributed by atoms with E-state index >= 15 is 0 Å². The van der Waals surface area contributed by atoms with Gasteiger partial charge in [0.15, 0.2) is 5.84 Å². The Balaban J connectivity index is 2.44. The van der Waals surface area contributed by atoms with Crippen molar-refractivity contribution >= 4 is 11.7 Å². The summed E-state index contributed by atoms with van der Waals surface area (Å²) in [5.74, 6) is 2.28. The Kier molecular flexibility index (Phi) is 7.14. The molecular formula is C23H31N3. The quantitative estimate of drug-likeness (QED) is 0.546. The predicted molar refractivity (Wildman–Crippen MR) is 112 cm³/mol. The Hall–Kier alpha value is -2.42. The third kappa shape index (κ3) is 4.81. The molecule has 0 amide bonds. The first-order chi connectivity index (χ1) is 12.5. The van der Waals surface area contributed by atoms with Gasteiger partial charge in [-0.1, -0.05) is 88.4 Å². The summed E-state index contributed by atoms with van der Waals surface area (Å²) in [5.41, 5.74) is 1.88. The maximum absolute atomic E-state index is 8.48. The largest absolute Gasteiger partial charge is 0.356 e. The second kappa shape index (κ2) is 9.33. The van der Waals surface area contributed by atoms with Crippen molar-refractivity contribution in [3.8, 4) is 0 Å². The Labute approximate surface area is 158 Å². The Morgan fingerprint density at radius 1 is 0.923 bits per heavy atom. The van der Waals surface area contributed by atoms with Crippen LogP contribution in [0.5, 0.6) is 0 Å². The highest BCUT2D eigenvalue weighted by Gasteiger charge is 2.25. The summed E-state index contributed by atoms with van der Waals surface area (Å²) in [6, 6.07) is 20.3. The van der Waals surface area contributed by atoms with Gasteiger partial charge in [0.25, 0.3) is 0 Å². The van der Waals surface area contributed by atoms with E-state index in [0.717, 1.165) is 23.4 Å². The molecule has 0 aliphatic carbocycles. The van der Waals surface area contributed by atoms with Gasteiger partial charge in [-0.3, -0.25) is 5.41 Å². The van der Waals surface area contributed by atoms with Crippen molar-refractivity contribution in [2.45, 2.75) is 40.2 Å². The molecule has 2 atom stereocenters. The van der Waals surface area contributed by atoms with Crippen LogP contribution in [0.25, 0.3) is 0 Å². The molecule has 26 heavy (non-hydrogen) atoms. The second-order valence-corrected chi connectivity index (χ2v) is 7.21. The molecule has 0 aliphatic heterocycles. The van der Waals surface area contributed by atoms with Crippen LogP contribution in [0.4, 0.5) is 0 Å². The van der Waals surface area contributed by atoms with Crippen molar-refractivity contribution in [1.82, 2.24) is 4.90 Å². The molecule has 0 spiro atoms. The predicted octanol–water partition coefficient (Wildman–Crippen LogP) is 5.46. The van der Waals surface area contributed by atoms with E-state index in [4.69, 9.17) is 10.4 Å². The van der Waals surface area contributed by atoms with Gasteiger partial charge in [0.2, 0.25) is 0 Å². The van der Waals surface area contributed by atoms with E-state index in [1.54, 1.807) is 0 Å². The molecule has 138 valence electrons. The standard InChI is InChI=1S/C23H31N3/c1-6-21(18(4)17(2)3)26(5)23(20-15-11-8-12-16-20)25-22(24)19-13-9-7-10-14-19/h7-18,21,24H,6H2,1-5H3/t18-,21+/m0/s1. The first-order valence-corrected chi connectivity index (χ1v) is 9.46. The first-order valence-electron chi connectivity index (χ1n) is 9.46. The van der Waals surface area contributed by atoms with Gasteiger partial charge in [0.05, 0.1) is 0 Å². The number of amidine groups is 2. The molecule has 0 bridgehead atoms. The topological polar surface area (TPSA) is 39.5 Å². The smallest absolute Gasteiger partial charge is 0.154 e.